The van der Waals surface area contributed by atoms with Crippen LogP contribution in [-0.4, -0.2) is 35.6 Å². The Morgan fingerprint density at radius 3 is 2.56 bits per heavy atom. The molecule has 0 bridgehead atoms. The zero-order valence-corrected chi connectivity index (χ0v) is 11.8. The van der Waals surface area contributed by atoms with Crippen LogP contribution in [0.25, 0.3) is 0 Å². The van der Waals surface area contributed by atoms with E-state index >= 15 is 0 Å². The second kappa shape index (κ2) is 5.60. The third-order valence-electron chi connectivity index (χ3n) is 4.78. The number of nitrogens with zero attached hydrogens (tertiary/aromatic N) is 1. The Morgan fingerprint density at radius 2 is 1.94 bits per heavy atom. The van der Waals surface area contributed by atoms with E-state index in [1.807, 2.05) is 4.90 Å². The number of carbonyl (C=O) groups is 1. The van der Waals surface area contributed by atoms with Gasteiger partial charge in [-0.2, -0.15) is 0 Å². The first-order valence-electron chi connectivity index (χ1n) is 7.41. The van der Waals surface area contributed by atoms with Gasteiger partial charge >= 0.3 is 0 Å². The van der Waals surface area contributed by atoms with Crippen LogP contribution in [0.5, 0.6) is 0 Å². The second-order valence-electron chi connectivity index (χ2n) is 6.91. The minimum atomic E-state index is 0.224. The van der Waals surface area contributed by atoms with Gasteiger partial charge in [-0.25, -0.2) is 0 Å². The van der Waals surface area contributed by atoms with Crippen LogP contribution in [0.1, 0.15) is 52.4 Å². The normalized spacial score (nSPS) is 29.3. The molecule has 0 radical (unpaired) electrons. The lowest BCUT2D eigenvalue weighted by molar-refractivity contribution is -0.139. The molecule has 2 aliphatic rings. The monoisotopic (exact) mass is 253 g/mol. The molecule has 0 aromatic heterocycles. The molecule has 3 nitrogen and oxygen atoms in total. The Bertz CT molecular complexity index is 291. The summed E-state index contributed by atoms with van der Waals surface area (Å²) in [5.74, 6) is 0.904. The molecule has 3 heteroatoms. The van der Waals surface area contributed by atoms with Crippen molar-refractivity contribution in [1.82, 2.24) is 4.90 Å². The van der Waals surface area contributed by atoms with E-state index in [-0.39, 0.29) is 12.5 Å². The van der Waals surface area contributed by atoms with Crippen molar-refractivity contribution in [1.29, 1.82) is 0 Å². The van der Waals surface area contributed by atoms with E-state index in [1.165, 1.54) is 12.8 Å². The Hall–Kier alpha value is -0.570. The molecule has 2 fully saturated rings. The van der Waals surface area contributed by atoms with Crippen molar-refractivity contribution in [3.8, 4) is 0 Å². The third kappa shape index (κ3) is 3.25. The molecule has 1 unspecified atom stereocenters. The van der Waals surface area contributed by atoms with Crippen molar-refractivity contribution < 1.29 is 9.90 Å². The number of aliphatic hydroxyl groups is 1. The molecule has 2 rings (SSSR count). The van der Waals surface area contributed by atoms with Gasteiger partial charge in [0, 0.05) is 25.6 Å². The van der Waals surface area contributed by atoms with Crippen molar-refractivity contribution in [3.05, 3.63) is 0 Å². The molecular formula is C15H27NO2. The standard InChI is InChI=1S/C15H27NO2/c1-15(2)7-5-13(6-8-15)14(18)16-9-3-4-12(10-16)11-17/h12-13,17H,3-11H2,1-2H3. The lowest BCUT2D eigenvalue weighted by Crippen LogP contribution is -2.44. The Morgan fingerprint density at radius 1 is 1.28 bits per heavy atom. The van der Waals surface area contributed by atoms with Crippen LogP contribution in [-0.2, 0) is 4.79 Å². The fraction of sp³-hybridized carbons (Fsp3) is 0.933. The molecule has 0 aromatic rings. The average molecular weight is 253 g/mol. The molecule has 1 atom stereocenters. The van der Waals surface area contributed by atoms with Crippen LogP contribution in [0.15, 0.2) is 0 Å². The van der Waals surface area contributed by atoms with Crippen LogP contribution >= 0.6 is 0 Å². The molecule has 1 heterocycles. The smallest absolute Gasteiger partial charge is 0.225 e. The number of likely N-dealkylation sites (tertiary alicyclic amines) is 1. The topological polar surface area (TPSA) is 40.5 Å². The van der Waals surface area contributed by atoms with E-state index in [0.717, 1.165) is 38.8 Å². The van der Waals surface area contributed by atoms with Gasteiger partial charge in [-0.1, -0.05) is 13.8 Å². The lowest BCUT2D eigenvalue weighted by atomic mass is 9.72. The van der Waals surface area contributed by atoms with Gasteiger partial charge in [0.2, 0.25) is 5.91 Å². The number of hydrogen-bond donors (Lipinski definition) is 1. The van der Waals surface area contributed by atoms with Gasteiger partial charge in [-0.05, 0) is 49.9 Å². The quantitative estimate of drug-likeness (QED) is 0.821. The van der Waals surface area contributed by atoms with Gasteiger partial charge in [-0.15, -0.1) is 0 Å². The summed E-state index contributed by atoms with van der Waals surface area (Å²) in [7, 11) is 0. The summed E-state index contributed by atoms with van der Waals surface area (Å²) in [6, 6.07) is 0. The summed E-state index contributed by atoms with van der Waals surface area (Å²) in [5.41, 5.74) is 0.423. The van der Waals surface area contributed by atoms with Gasteiger partial charge in [0.05, 0.1) is 0 Å². The first-order valence-corrected chi connectivity index (χ1v) is 7.41. The summed E-state index contributed by atoms with van der Waals surface area (Å²) in [5, 5.41) is 9.23. The van der Waals surface area contributed by atoms with Crippen molar-refractivity contribution >= 4 is 5.91 Å². The van der Waals surface area contributed by atoms with E-state index in [0.29, 0.717) is 17.2 Å². The lowest BCUT2D eigenvalue weighted by Gasteiger charge is -2.38. The fourth-order valence-electron chi connectivity index (χ4n) is 3.32. The SMILES string of the molecule is CC1(C)CCC(C(=O)N2CCCC(CO)C2)CC1. The van der Waals surface area contributed by atoms with Crippen molar-refractivity contribution in [3.63, 3.8) is 0 Å². The van der Waals surface area contributed by atoms with E-state index in [1.54, 1.807) is 0 Å². The van der Waals surface area contributed by atoms with Gasteiger partial charge < -0.3 is 10.0 Å². The van der Waals surface area contributed by atoms with E-state index in [9.17, 15) is 9.90 Å². The first kappa shape index (κ1) is 13.9. The molecule has 1 saturated carbocycles. The van der Waals surface area contributed by atoms with Gasteiger partial charge in [-0.3, -0.25) is 4.79 Å². The number of carbonyl (C=O) groups excluding carboxylic acids is 1. The predicted octanol–water partition coefficient (Wildman–Crippen LogP) is 2.43. The molecule has 1 N–H and O–H groups in total. The van der Waals surface area contributed by atoms with Crippen molar-refractivity contribution in [2.45, 2.75) is 52.4 Å². The minimum absolute atomic E-state index is 0.224. The van der Waals surface area contributed by atoms with Crippen LogP contribution < -0.4 is 0 Å². The molecule has 0 aromatic carbocycles. The summed E-state index contributed by atoms with van der Waals surface area (Å²) >= 11 is 0. The number of hydrogen-bond acceptors (Lipinski definition) is 2. The van der Waals surface area contributed by atoms with E-state index in [2.05, 4.69) is 13.8 Å². The van der Waals surface area contributed by atoms with Crippen molar-refractivity contribution in [2.24, 2.45) is 17.3 Å². The summed E-state index contributed by atoms with van der Waals surface area (Å²) in [4.78, 5) is 14.5. The zero-order valence-electron chi connectivity index (χ0n) is 11.8. The molecular weight excluding hydrogens is 226 g/mol. The van der Waals surface area contributed by atoms with Crippen LogP contribution in [0.3, 0.4) is 0 Å². The van der Waals surface area contributed by atoms with Gasteiger partial charge in [0.15, 0.2) is 0 Å². The molecule has 18 heavy (non-hydrogen) atoms. The molecule has 1 saturated heterocycles. The predicted molar refractivity (Wildman–Crippen MR) is 72.1 cm³/mol. The third-order valence-corrected chi connectivity index (χ3v) is 4.78. The minimum Gasteiger partial charge on any atom is -0.396 e. The highest BCUT2D eigenvalue weighted by Gasteiger charge is 2.34. The number of aliphatic hydroxyl groups excluding tert-OH is 1. The van der Waals surface area contributed by atoms with Crippen molar-refractivity contribution in [2.75, 3.05) is 19.7 Å². The molecule has 0 spiro atoms. The fourth-order valence-corrected chi connectivity index (χ4v) is 3.32. The van der Waals surface area contributed by atoms with Gasteiger partial charge in [0.25, 0.3) is 0 Å². The zero-order chi connectivity index (χ0) is 13.2. The Kier molecular flexibility index (Phi) is 4.31. The molecule has 104 valence electrons. The number of piperidine rings is 1. The maximum Gasteiger partial charge on any atom is 0.225 e. The Balaban J connectivity index is 1.87. The highest BCUT2D eigenvalue weighted by molar-refractivity contribution is 5.79. The number of rotatable bonds is 2. The molecule has 1 aliphatic carbocycles. The van der Waals surface area contributed by atoms with Gasteiger partial charge in [0.1, 0.15) is 0 Å². The molecule has 1 aliphatic heterocycles. The Labute approximate surface area is 111 Å². The number of amides is 1. The summed E-state index contributed by atoms with van der Waals surface area (Å²) in [6.07, 6.45) is 6.55. The average Bonchev–Trinajstić information content (AvgIpc) is 2.38. The van der Waals surface area contributed by atoms with Crippen LogP contribution in [0.2, 0.25) is 0 Å². The summed E-state index contributed by atoms with van der Waals surface area (Å²) < 4.78 is 0. The largest absolute Gasteiger partial charge is 0.396 e. The summed E-state index contributed by atoms with van der Waals surface area (Å²) in [6.45, 7) is 6.50. The molecule has 1 amide bonds. The highest BCUT2D eigenvalue weighted by atomic mass is 16.3. The second-order valence-corrected chi connectivity index (χ2v) is 6.91. The van der Waals surface area contributed by atoms with E-state index in [4.69, 9.17) is 0 Å². The highest BCUT2D eigenvalue weighted by Crippen LogP contribution is 2.38. The van der Waals surface area contributed by atoms with E-state index < -0.39 is 0 Å². The van der Waals surface area contributed by atoms with Crippen LogP contribution in [0.4, 0.5) is 0 Å². The maximum absolute atomic E-state index is 12.5. The maximum atomic E-state index is 12.5. The first-order chi connectivity index (χ1) is 8.52. The van der Waals surface area contributed by atoms with Crippen LogP contribution in [0, 0.1) is 17.3 Å².